The Hall–Kier alpha value is -3.65. The molecular weight excluding hydrogens is 348 g/mol. The lowest BCUT2D eigenvalue weighted by molar-refractivity contribution is 0.102. The summed E-state index contributed by atoms with van der Waals surface area (Å²) >= 11 is 0. The summed E-state index contributed by atoms with van der Waals surface area (Å²) in [4.78, 5) is 16.7. The fraction of sp³-hybridized carbons (Fsp3) is 0.174. The Morgan fingerprint density at radius 3 is 2.39 bits per heavy atom. The lowest BCUT2D eigenvalue weighted by Gasteiger charge is -2.23. The number of nitrogens with zero attached hydrogens (tertiary/aromatic N) is 2. The van der Waals surface area contributed by atoms with Crippen LogP contribution in [0.1, 0.15) is 42.4 Å². The zero-order valence-electron chi connectivity index (χ0n) is 16.2. The monoisotopic (exact) mass is 370 g/mol. The molecule has 0 fully saturated rings. The van der Waals surface area contributed by atoms with Crippen molar-refractivity contribution in [2.75, 3.05) is 10.6 Å². The maximum Gasteiger partial charge on any atom is 0.274 e. The van der Waals surface area contributed by atoms with Crippen molar-refractivity contribution in [1.29, 1.82) is 5.26 Å². The van der Waals surface area contributed by atoms with Gasteiger partial charge in [0.25, 0.3) is 5.91 Å². The number of nitriles is 1. The van der Waals surface area contributed by atoms with Gasteiger partial charge in [-0.1, -0.05) is 39.0 Å². The molecule has 0 bridgehead atoms. The molecule has 2 N–H and O–H groups in total. The highest BCUT2D eigenvalue weighted by Crippen LogP contribution is 2.31. The van der Waals surface area contributed by atoms with Gasteiger partial charge in [0, 0.05) is 23.3 Å². The van der Waals surface area contributed by atoms with Gasteiger partial charge in [-0.3, -0.25) is 9.78 Å². The maximum absolute atomic E-state index is 12.5. The van der Waals surface area contributed by atoms with Crippen LogP contribution in [-0.4, -0.2) is 10.9 Å². The molecule has 3 rings (SSSR count). The number of hydrogen-bond donors (Lipinski definition) is 2. The quantitative estimate of drug-likeness (QED) is 0.658. The van der Waals surface area contributed by atoms with Crippen LogP contribution in [0.4, 0.5) is 17.1 Å². The Kier molecular flexibility index (Phi) is 5.42. The minimum Gasteiger partial charge on any atom is -0.355 e. The summed E-state index contributed by atoms with van der Waals surface area (Å²) in [5.41, 5.74) is 4.43. The third-order valence-corrected chi connectivity index (χ3v) is 4.28. The first kappa shape index (κ1) is 19.1. The minimum absolute atomic E-state index is 0.00752. The van der Waals surface area contributed by atoms with Crippen LogP contribution in [0, 0.1) is 11.3 Å². The van der Waals surface area contributed by atoms with Gasteiger partial charge in [0.1, 0.15) is 5.69 Å². The van der Waals surface area contributed by atoms with E-state index in [1.165, 1.54) is 5.56 Å². The maximum atomic E-state index is 12.5. The van der Waals surface area contributed by atoms with Crippen molar-refractivity contribution < 1.29 is 4.79 Å². The zero-order chi connectivity index (χ0) is 20.1. The number of para-hydroxylation sites is 1. The first-order chi connectivity index (χ1) is 13.4. The van der Waals surface area contributed by atoms with E-state index >= 15 is 0 Å². The fourth-order valence-electron chi connectivity index (χ4n) is 2.86. The van der Waals surface area contributed by atoms with Gasteiger partial charge in [0.15, 0.2) is 0 Å². The number of pyridine rings is 1. The van der Waals surface area contributed by atoms with Crippen LogP contribution in [0.25, 0.3) is 0 Å². The Labute approximate surface area is 165 Å². The van der Waals surface area contributed by atoms with Crippen LogP contribution >= 0.6 is 0 Å². The Morgan fingerprint density at radius 2 is 1.71 bits per heavy atom. The molecule has 28 heavy (non-hydrogen) atoms. The molecule has 5 nitrogen and oxygen atoms in total. The molecule has 1 heterocycles. The average Bonchev–Trinajstić information content (AvgIpc) is 2.68. The summed E-state index contributed by atoms with van der Waals surface area (Å²) in [5.74, 6) is -0.308. The number of carbonyl (C=O) groups excluding carboxylic acids is 1. The van der Waals surface area contributed by atoms with E-state index in [9.17, 15) is 4.79 Å². The number of benzene rings is 2. The average molecular weight is 370 g/mol. The number of amides is 1. The highest BCUT2D eigenvalue weighted by molar-refractivity contribution is 6.03. The van der Waals surface area contributed by atoms with Gasteiger partial charge in [-0.05, 0) is 53.4 Å². The molecule has 0 saturated carbocycles. The summed E-state index contributed by atoms with van der Waals surface area (Å²) in [6, 6.07) is 20.4. The standard InChI is InChI=1S/C23H22N4O/c1-23(2,3)19-6-4-5-7-20(19)26-18-12-13-25-21(14-18)22(28)27-17-10-8-16(15-24)9-11-17/h4-14H,1-3H3,(H,25,26)(H,27,28). The van der Waals surface area contributed by atoms with Crippen molar-refractivity contribution in [3.05, 3.63) is 83.7 Å². The van der Waals surface area contributed by atoms with Crippen molar-refractivity contribution in [3.63, 3.8) is 0 Å². The smallest absolute Gasteiger partial charge is 0.274 e. The molecule has 0 aliphatic rings. The molecule has 1 amide bonds. The molecule has 3 aromatic rings. The van der Waals surface area contributed by atoms with E-state index < -0.39 is 0 Å². The first-order valence-electron chi connectivity index (χ1n) is 9.01. The number of hydrogen-bond acceptors (Lipinski definition) is 4. The molecule has 0 aliphatic heterocycles. The molecule has 0 radical (unpaired) electrons. The summed E-state index contributed by atoms with van der Waals surface area (Å²) in [7, 11) is 0. The van der Waals surface area contributed by atoms with Gasteiger partial charge < -0.3 is 10.6 Å². The molecule has 0 saturated heterocycles. The van der Waals surface area contributed by atoms with Crippen LogP contribution in [0.5, 0.6) is 0 Å². The Balaban J connectivity index is 1.79. The molecule has 0 spiro atoms. The van der Waals surface area contributed by atoms with Crippen molar-refractivity contribution in [3.8, 4) is 6.07 Å². The number of anilines is 3. The molecule has 140 valence electrons. The summed E-state index contributed by atoms with van der Waals surface area (Å²) in [5, 5.41) is 15.1. The summed E-state index contributed by atoms with van der Waals surface area (Å²) in [6.07, 6.45) is 1.61. The normalized spacial score (nSPS) is 10.8. The van der Waals surface area contributed by atoms with Crippen LogP contribution < -0.4 is 10.6 Å². The van der Waals surface area contributed by atoms with Crippen molar-refractivity contribution >= 4 is 23.0 Å². The van der Waals surface area contributed by atoms with E-state index in [0.717, 1.165) is 11.4 Å². The fourth-order valence-corrected chi connectivity index (χ4v) is 2.86. The van der Waals surface area contributed by atoms with E-state index in [1.54, 1.807) is 36.5 Å². The van der Waals surface area contributed by atoms with Gasteiger partial charge in [-0.15, -0.1) is 0 Å². The second-order valence-electron chi connectivity index (χ2n) is 7.49. The second kappa shape index (κ2) is 7.93. The highest BCUT2D eigenvalue weighted by atomic mass is 16.1. The summed E-state index contributed by atoms with van der Waals surface area (Å²) in [6.45, 7) is 6.49. The molecular formula is C23H22N4O. The van der Waals surface area contributed by atoms with E-state index in [2.05, 4.69) is 48.5 Å². The predicted molar refractivity (Wildman–Crippen MR) is 112 cm³/mol. The topological polar surface area (TPSA) is 77.8 Å². The van der Waals surface area contributed by atoms with E-state index in [0.29, 0.717) is 16.9 Å². The van der Waals surface area contributed by atoms with E-state index in [-0.39, 0.29) is 11.3 Å². The Bertz CT molecular complexity index is 1030. The van der Waals surface area contributed by atoms with Crippen molar-refractivity contribution in [2.45, 2.75) is 26.2 Å². The zero-order valence-corrected chi connectivity index (χ0v) is 16.2. The van der Waals surface area contributed by atoms with Crippen molar-refractivity contribution in [2.24, 2.45) is 0 Å². The van der Waals surface area contributed by atoms with Crippen LogP contribution in [0.3, 0.4) is 0 Å². The number of nitrogens with one attached hydrogen (secondary N) is 2. The molecule has 0 unspecified atom stereocenters. The molecule has 1 aromatic heterocycles. The van der Waals surface area contributed by atoms with E-state index in [4.69, 9.17) is 5.26 Å². The first-order valence-corrected chi connectivity index (χ1v) is 9.01. The molecule has 2 aromatic carbocycles. The van der Waals surface area contributed by atoms with Crippen molar-refractivity contribution in [1.82, 2.24) is 4.98 Å². The predicted octanol–water partition coefficient (Wildman–Crippen LogP) is 5.25. The lowest BCUT2D eigenvalue weighted by atomic mass is 9.86. The van der Waals surface area contributed by atoms with Gasteiger partial charge in [-0.2, -0.15) is 5.26 Å². The van der Waals surface area contributed by atoms with Gasteiger partial charge in [-0.25, -0.2) is 0 Å². The van der Waals surface area contributed by atoms with E-state index in [1.807, 2.05) is 24.3 Å². The minimum atomic E-state index is -0.308. The number of carbonyl (C=O) groups is 1. The molecule has 5 heteroatoms. The SMILES string of the molecule is CC(C)(C)c1ccccc1Nc1ccnc(C(=O)Nc2ccc(C#N)cc2)c1. The third kappa shape index (κ3) is 4.54. The summed E-state index contributed by atoms with van der Waals surface area (Å²) < 4.78 is 0. The van der Waals surface area contributed by atoms with Gasteiger partial charge in [0.2, 0.25) is 0 Å². The van der Waals surface area contributed by atoms with Crippen LogP contribution in [0.2, 0.25) is 0 Å². The van der Waals surface area contributed by atoms with Crippen LogP contribution in [0.15, 0.2) is 66.9 Å². The van der Waals surface area contributed by atoms with Gasteiger partial charge >= 0.3 is 0 Å². The third-order valence-electron chi connectivity index (χ3n) is 4.28. The Morgan fingerprint density at radius 1 is 1.00 bits per heavy atom. The molecule has 0 atom stereocenters. The van der Waals surface area contributed by atoms with Crippen LogP contribution in [-0.2, 0) is 5.41 Å². The number of aromatic nitrogens is 1. The van der Waals surface area contributed by atoms with Gasteiger partial charge in [0.05, 0.1) is 11.6 Å². The lowest BCUT2D eigenvalue weighted by Crippen LogP contribution is -2.15. The highest BCUT2D eigenvalue weighted by Gasteiger charge is 2.17. The molecule has 0 aliphatic carbocycles. The largest absolute Gasteiger partial charge is 0.355 e. The number of rotatable bonds is 4. The second-order valence-corrected chi connectivity index (χ2v) is 7.49.